The molecule has 0 atom stereocenters. The molecule has 1 aliphatic carbocycles. The second kappa shape index (κ2) is 8.04. The molecule has 0 radical (unpaired) electrons. The SMILES string of the molecule is CCCCCn1nnc(C#N)c1CCC1CCCCC1. The predicted octanol–water partition coefficient (Wildman–Crippen LogP) is 3.85. The van der Waals surface area contributed by atoms with E-state index in [-0.39, 0.29) is 0 Å². The zero-order valence-corrected chi connectivity index (χ0v) is 12.6. The Hall–Kier alpha value is -1.37. The van der Waals surface area contributed by atoms with Gasteiger partial charge in [0.1, 0.15) is 6.07 Å². The van der Waals surface area contributed by atoms with E-state index < -0.39 is 0 Å². The average Bonchev–Trinajstić information content (AvgIpc) is 2.88. The second-order valence-corrected chi connectivity index (χ2v) is 5.97. The number of nitriles is 1. The van der Waals surface area contributed by atoms with Crippen LogP contribution in [-0.4, -0.2) is 15.0 Å². The van der Waals surface area contributed by atoms with Crippen LogP contribution in [0.5, 0.6) is 0 Å². The molecule has 4 heteroatoms. The van der Waals surface area contributed by atoms with Crippen LogP contribution in [0, 0.1) is 17.2 Å². The molecule has 0 N–H and O–H groups in total. The highest BCUT2D eigenvalue weighted by atomic mass is 15.4. The molecular formula is C16H26N4. The Balaban J connectivity index is 1.93. The first-order chi connectivity index (χ1) is 9.85. The third kappa shape index (κ3) is 4.06. The van der Waals surface area contributed by atoms with Crippen molar-refractivity contribution in [2.24, 2.45) is 5.92 Å². The Bertz CT molecular complexity index is 438. The molecule has 0 spiro atoms. The van der Waals surface area contributed by atoms with E-state index in [2.05, 4.69) is 23.3 Å². The van der Waals surface area contributed by atoms with E-state index in [1.54, 1.807) is 0 Å². The van der Waals surface area contributed by atoms with E-state index >= 15 is 0 Å². The number of hydrogen-bond donors (Lipinski definition) is 0. The van der Waals surface area contributed by atoms with Crippen molar-refractivity contribution in [3.63, 3.8) is 0 Å². The highest BCUT2D eigenvalue weighted by Gasteiger charge is 2.17. The minimum absolute atomic E-state index is 0.539. The van der Waals surface area contributed by atoms with Crippen LogP contribution in [0.2, 0.25) is 0 Å². The van der Waals surface area contributed by atoms with Crippen LogP contribution in [0.1, 0.15) is 76.1 Å². The van der Waals surface area contributed by atoms with Gasteiger partial charge in [0.05, 0.1) is 5.69 Å². The fraction of sp³-hybridized carbons (Fsp3) is 0.812. The number of rotatable bonds is 7. The van der Waals surface area contributed by atoms with Crippen molar-refractivity contribution >= 4 is 0 Å². The molecular weight excluding hydrogens is 248 g/mol. The third-order valence-corrected chi connectivity index (χ3v) is 4.43. The summed E-state index contributed by atoms with van der Waals surface area (Å²) in [5, 5.41) is 17.4. The van der Waals surface area contributed by atoms with Gasteiger partial charge in [0.25, 0.3) is 0 Å². The maximum atomic E-state index is 9.17. The summed E-state index contributed by atoms with van der Waals surface area (Å²) in [5.74, 6) is 0.842. The standard InChI is InChI=1S/C16H26N4/c1-2-3-7-12-20-16(15(13-17)18-19-20)11-10-14-8-5-4-6-9-14/h14H,2-12H2,1H3. The van der Waals surface area contributed by atoms with Crippen LogP contribution in [-0.2, 0) is 13.0 Å². The van der Waals surface area contributed by atoms with Crippen molar-refractivity contribution in [3.05, 3.63) is 11.4 Å². The molecule has 0 aromatic carbocycles. The Kier molecular flexibility index (Phi) is 6.04. The minimum Gasteiger partial charge on any atom is -0.248 e. The van der Waals surface area contributed by atoms with E-state index in [9.17, 15) is 5.26 Å². The molecule has 2 rings (SSSR count). The first-order valence-corrected chi connectivity index (χ1v) is 8.17. The van der Waals surface area contributed by atoms with Gasteiger partial charge in [0.2, 0.25) is 0 Å². The Morgan fingerprint density at radius 2 is 2.05 bits per heavy atom. The highest BCUT2D eigenvalue weighted by Crippen LogP contribution is 2.27. The van der Waals surface area contributed by atoms with Crippen molar-refractivity contribution in [3.8, 4) is 6.07 Å². The fourth-order valence-corrected chi connectivity index (χ4v) is 3.17. The molecule has 1 aliphatic rings. The molecule has 1 fully saturated rings. The van der Waals surface area contributed by atoms with Gasteiger partial charge in [-0.3, -0.25) is 0 Å². The lowest BCUT2D eigenvalue weighted by Gasteiger charge is -2.21. The van der Waals surface area contributed by atoms with Gasteiger partial charge in [0, 0.05) is 6.54 Å². The number of nitrogens with zero attached hydrogens (tertiary/aromatic N) is 4. The summed E-state index contributed by atoms with van der Waals surface area (Å²) < 4.78 is 1.97. The first kappa shape index (κ1) is 15.0. The summed E-state index contributed by atoms with van der Waals surface area (Å²) >= 11 is 0. The summed E-state index contributed by atoms with van der Waals surface area (Å²) in [5.41, 5.74) is 1.60. The van der Waals surface area contributed by atoms with Gasteiger partial charge in [-0.15, -0.1) is 5.10 Å². The van der Waals surface area contributed by atoms with E-state index in [1.807, 2.05) is 4.68 Å². The molecule has 1 aromatic heterocycles. The molecule has 0 aliphatic heterocycles. The van der Waals surface area contributed by atoms with Crippen LogP contribution >= 0.6 is 0 Å². The molecule has 1 saturated carbocycles. The second-order valence-electron chi connectivity index (χ2n) is 5.97. The molecule has 0 amide bonds. The van der Waals surface area contributed by atoms with E-state index in [1.165, 1.54) is 51.4 Å². The van der Waals surface area contributed by atoms with Gasteiger partial charge < -0.3 is 0 Å². The van der Waals surface area contributed by atoms with Gasteiger partial charge in [-0.1, -0.05) is 57.1 Å². The van der Waals surface area contributed by atoms with Gasteiger partial charge in [-0.25, -0.2) is 4.68 Å². The molecule has 0 saturated heterocycles. The monoisotopic (exact) mass is 274 g/mol. The number of aryl methyl sites for hydroxylation is 1. The van der Waals surface area contributed by atoms with Crippen molar-refractivity contribution < 1.29 is 0 Å². The maximum Gasteiger partial charge on any atom is 0.185 e. The summed E-state index contributed by atoms with van der Waals surface area (Å²) in [6, 6.07) is 2.20. The van der Waals surface area contributed by atoms with Gasteiger partial charge in [0.15, 0.2) is 5.69 Å². The largest absolute Gasteiger partial charge is 0.248 e. The topological polar surface area (TPSA) is 54.5 Å². The van der Waals surface area contributed by atoms with Crippen LogP contribution in [0.15, 0.2) is 0 Å². The molecule has 20 heavy (non-hydrogen) atoms. The zero-order valence-electron chi connectivity index (χ0n) is 12.6. The van der Waals surface area contributed by atoms with Crippen LogP contribution in [0.4, 0.5) is 0 Å². The molecule has 4 nitrogen and oxygen atoms in total. The number of hydrogen-bond acceptors (Lipinski definition) is 3. The Labute approximate surface area is 122 Å². The summed E-state index contributed by atoms with van der Waals surface area (Å²) in [4.78, 5) is 0. The molecule has 0 unspecified atom stereocenters. The van der Waals surface area contributed by atoms with Crippen molar-refractivity contribution in [2.45, 2.75) is 77.7 Å². The van der Waals surface area contributed by atoms with Crippen LogP contribution < -0.4 is 0 Å². The van der Waals surface area contributed by atoms with Crippen molar-refractivity contribution in [2.75, 3.05) is 0 Å². The minimum atomic E-state index is 0.539. The van der Waals surface area contributed by atoms with Crippen molar-refractivity contribution in [1.82, 2.24) is 15.0 Å². The van der Waals surface area contributed by atoms with Gasteiger partial charge in [-0.05, 0) is 25.2 Å². The lowest BCUT2D eigenvalue weighted by molar-refractivity contribution is 0.336. The summed E-state index contributed by atoms with van der Waals surface area (Å²) in [7, 11) is 0. The quantitative estimate of drug-likeness (QED) is 0.709. The summed E-state index contributed by atoms with van der Waals surface area (Å²) in [6.07, 6.45) is 12.6. The normalized spacial score (nSPS) is 16.2. The highest BCUT2D eigenvalue weighted by molar-refractivity contribution is 5.24. The van der Waals surface area contributed by atoms with Crippen molar-refractivity contribution in [1.29, 1.82) is 5.26 Å². The van der Waals surface area contributed by atoms with E-state index in [4.69, 9.17) is 0 Å². The zero-order chi connectivity index (χ0) is 14.2. The van der Waals surface area contributed by atoms with Crippen LogP contribution in [0.25, 0.3) is 0 Å². The molecule has 110 valence electrons. The van der Waals surface area contributed by atoms with Gasteiger partial charge >= 0.3 is 0 Å². The predicted molar refractivity (Wildman–Crippen MR) is 79.2 cm³/mol. The first-order valence-electron chi connectivity index (χ1n) is 8.17. The average molecular weight is 274 g/mol. The molecule has 1 heterocycles. The lowest BCUT2D eigenvalue weighted by Crippen LogP contribution is -2.11. The fourth-order valence-electron chi connectivity index (χ4n) is 3.17. The smallest absolute Gasteiger partial charge is 0.185 e. The number of aromatic nitrogens is 3. The van der Waals surface area contributed by atoms with E-state index in [0.717, 1.165) is 31.0 Å². The Morgan fingerprint density at radius 3 is 2.75 bits per heavy atom. The number of unbranched alkanes of at least 4 members (excludes halogenated alkanes) is 2. The van der Waals surface area contributed by atoms with Gasteiger partial charge in [-0.2, -0.15) is 5.26 Å². The van der Waals surface area contributed by atoms with Crippen LogP contribution in [0.3, 0.4) is 0 Å². The van der Waals surface area contributed by atoms with E-state index in [0.29, 0.717) is 5.69 Å². The molecule has 0 bridgehead atoms. The third-order valence-electron chi connectivity index (χ3n) is 4.43. The lowest BCUT2D eigenvalue weighted by atomic mass is 9.85. The maximum absolute atomic E-state index is 9.17. The molecule has 1 aromatic rings. The summed E-state index contributed by atoms with van der Waals surface area (Å²) in [6.45, 7) is 3.11. The Morgan fingerprint density at radius 1 is 1.25 bits per heavy atom.